The summed E-state index contributed by atoms with van der Waals surface area (Å²) < 4.78 is 13.7. The predicted octanol–water partition coefficient (Wildman–Crippen LogP) is 3.83. The van der Waals surface area contributed by atoms with E-state index in [-0.39, 0.29) is 5.82 Å². The molecule has 2 aliphatic carbocycles. The van der Waals surface area contributed by atoms with Crippen LogP contribution in [0.4, 0.5) is 4.39 Å². The summed E-state index contributed by atoms with van der Waals surface area (Å²) in [7, 11) is 2.01. The van der Waals surface area contributed by atoms with Gasteiger partial charge >= 0.3 is 0 Å². The number of nitrogens with one attached hydrogen (secondary N) is 1. The Morgan fingerprint density at radius 2 is 1.89 bits per heavy atom. The Hall–Kier alpha value is -0.890. The van der Waals surface area contributed by atoms with E-state index in [1.165, 1.54) is 25.7 Å². The van der Waals surface area contributed by atoms with Crippen molar-refractivity contribution in [2.24, 2.45) is 17.8 Å². The van der Waals surface area contributed by atoms with Crippen molar-refractivity contribution in [1.29, 1.82) is 0 Å². The van der Waals surface area contributed by atoms with Gasteiger partial charge in [-0.1, -0.05) is 25.0 Å². The van der Waals surface area contributed by atoms with Crippen LogP contribution in [0.1, 0.15) is 42.9 Å². The lowest BCUT2D eigenvalue weighted by Gasteiger charge is -2.17. The van der Waals surface area contributed by atoms with Gasteiger partial charge in [-0.25, -0.2) is 4.39 Å². The zero-order valence-corrected chi connectivity index (χ0v) is 11.2. The Balaban J connectivity index is 1.82. The topological polar surface area (TPSA) is 12.0 Å². The fourth-order valence-corrected chi connectivity index (χ4v) is 3.93. The molecule has 3 rings (SSSR count). The van der Waals surface area contributed by atoms with Crippen molar-refractivity contribution in [3.05, 3.63) is 35.1 Å². The maximum Gasteiger partial charge on any atom is 0.126 e. The minimum Gasteiger partial charge on any atom is -0.313 e. The van der Waals surface area contributed by atoms with Crippen molar-refractivity contribution in [2.75, 3.05) is 7.05 Å². The molecule has 0 radical (unpaired) electrons. The molecule has 0 aromatic heterocycles. The zero-order valence-electron chi connectivity index (χ0n) is 11.2. The Bertz CT molecular complexity index is 431. The average molecular weight is 247 g/mol. The first-order chi connectivity index (χ1) is 8.72. The van der Waals surface area contributed by atoms with Crippen LogP contribution in [0.5, 0.6) is 0 Å². The second-order valence-corrected chi connectivity index (χ2v) is 5.96. The van der Waals surface area contributed by atoms with Gasteiger partial charge in [-0.2, -0.15) is 0 Å². The molecular formula is C16H22FN. The van der Waals surface area contributed by atoms with Crippen LogP contribution in [0.3, 0.4) is 0 Å². The summed E-state index contributed by atoms with van der Waals surface area (Å²) >= 11 is 0. The van der Waals surface area contributed by atoms with Gasteiger partial charge in [-0.15, -0.1) is 0 Å². The van der Waals surface area contributed by atoms with Gasteiger partial charge in [0.2, 0.25) is 0 Å². The fourth-order valence-electron chi connectivity index (χ4n) is 3.93. The fraction of sp³-hybridized carbons (Fsp3) is 0.625. The van der Waals surface area contributed by atoms with E-state index in [0.29, 0.717) is 6.04 Å². The minimum absolute atomic E-state index is 0.0728. The van der Waals surface area contributed by atoms with Crippen LogP contribution in [0.25, 0.3) is 0 Å². The first kappa shape index (κ1) is 12.2. The summed E-state index contributed by atoms with van der Waals surface area (Å²) in [5.41, 5.74) is 1.86. The quantitative estimate of drug-likeness (QED) is 0.856. The Morgan fingerprint density at radius 1 is 1.22 bits per heavy atom. The molecule has 0 amide bonds. The summed E-state index contributed by atoms with van der Waals surface area (Å²) in [5, 5.41) is 3.42. The highest BCUT2D eigenvalue weighted by molar-refractivity contribution is 5.28. The third kappa shape index (κ3) is 1.97. The van der Waals surface area contributed by atoms with Crippen molar-refractivity contribution >= 4 is 0 Å². The normalized spacial score (nSPS) is 31.8. The summed E-state index contributed by atoms with van der Waals surface area (Å²) in [5.74, 6) is 2.44. The highest BCUT2D eigenvalue weighted by Gasteiger charge is 2.54. The molecule has 2 fully saturated rings. The van der Waals surface area contributed by atoms with Crippen LogP contribution in [0.2, 0.25) is 0 Å². The van der Waals surface area contributed by atoms with Gasteiger partial charge in [-0.3, -0.25) is 0 Å². The second kappa shape index (κ2) is 4.65. The number of fused-ring (bicyclic) bond motifs is 1. The number of hydrogen-bond acceptors (Lipinski definition) is 1. The van der Waals surface area contributed by atoms with Crippen molar-refractivity contribution < 1.29 is 4.39 Å². The molecule has 2 saturated carbocycles. The van der Waals surface area contributed by atoms with Gasteiger partial charge in [-0.05, 0) is 61.8 Å². The van der Waals surface area contributed by atoms with Gasteiger partial charge in [0.15, 0.2) is 0 Å². The molecule has 3 atom stereocenters. The molecule has 0 saturated heterocycles. The first-order valence-corrected chi connectivity index (χ1v) is 7.15. The summed E-state index contributed by atoms with van der Waals surface area (Å²) in [6, 6.07) is 6.05. The number of aryl methyl sites for hydroxylation is 1. The van der Waals surface area contributed by atoms with E-state index < -0.39 is 0 Å². The molecular weight excluding hydrogens is 225 g/mol. The molecule has 0 bridgehead atoms. The van der Waals surface area contributed by atoms with Crippen LogP contribution in [0, 0.1) is 30.5 Å². The molecule has 1 nitrogen and oxygen atoms in total. The second-order valence-electron chi connectivity index (χ2n) is 5.96. The number of rotatable bonds is 3. The molecule has 3 unspecified atom stereocenters. The van der Waals surface area contributed by atoms with E-state index in [0.717, 1.165) is 28.9 Å². The molecule has 18 heavy (non-hydrogen) atoms. The summed E-state index contributed by atoms with van der Waals surface area (Å²) in [6.07, 6.45) is 5.52. The van der Waals surface area contributed by atoms with E-state index in [9.17, 15) is 4.39 Å². The lowest BCUT2D eigenvalue weighted by molar-refractivity contribution is 0.478. The largest absolute Gasteiger partial charge is 0.313 e. The smallest absolute Gasteiger partial charge is 0.126 e. The van der Waals surface area contributed by atoms with Crippen LogP contribution in [-0.2, 0) is 0 Å². The van der Waals surface area contributed by atoms with Crippen molar-refractivity contribution in [1.82, 2.24) is 5.32 Å². The van der Waals surface area contributed by atoms with Crippen molar-refractivity contribution in [2.45, 2.75) is 38.6 Å². The van der Waals surface area contributed by atoms with E-state index in [2.05, 4.69) is 11.4 Å². The highest BCUT2D eigenvalue weighted by atomic mass is 19.1. The van der Waals surface area contributed by atoms with Gasteiger partial charge in [0.1, 0.15) is 5.82 Å². The van der Waals surface area contributed by atoms with Crippen LogP contribution in [0.15, 0.2) is 18.2 Å². The van der Waals surface area contributed by atoms with Crippen LogP contribution < -0.4 is 5.32 Å². The van der Waals surface area contributed by atoms with Gasteiger partial charge in [0.05, 0.1) is 0 Å². The van der Waals surface area contributed by atoms with Gasteiger partial charge < -0.3 is 5.32 Å². The van der Waals surface area contributed by atoms with Crippen molar-refractivity contribution in [3.8, 4) is 0 Å². The van der Waals surface area contributed by atoms with Crippen LogP contribution in [-0.4, -0.2) is 7.05 Å². The number of halogens is 1. The molecule has 98 valence electrons. The Morgan fingerprint density at radius 3 is 2.44 bits per heavy atom. The minimum atomic E-state index is -0.0728. The third-order valence-corrected chi connectivity index (χ3v) is 4.97. The molecule has 1 aromatic rings. The maximum atomic E-state index is 13.7. The molecule has 2 heteroatoms. The van der Waals surface area contributed by atoms with E-state index >= 15 is 0 Å². The average Bonchev–Trinajstić information content (AvgIpc) is 3.09. The van der Waals surface area contributed by atoms with E-state index in [4.69, 9.17) is 0 Å². The van der Waals surface area contributed by atoms with Gasteiger partial charge in [0.25, 0.3) is 0 Å². The molecule has 2 aliphatic rings. The maximum absolute atomic E-state index is 13.7. The Labute approximate surface area is 109 Å². The summed E-state index contributed by atoms with van der Waals surface area (Å²) in [4.78, 5) is 0. The molecule has 0 spiro atoms. The van der Waals surface area contributed by atoms with Crippen molar-refractivity contribution in [3.63, 3.8) is 0 Å². The molecule has 0 heterocycles. The first-order valence-electron chi connectivity index (χ1n) is 7.15. The van der Waals surface area contributed by atoms with Gasteiger partial charge in [0, 0.05) is 6.04 Å². The van der Waals surface area contributed by atoms with Crippen LogP contribution >= 0.6 is 0 Å². The lowest BCUT2D eigenvalue weighted by Crippen LogP contribution is -2.20. The Kier molecular flexibility index (Phi) is 3.14. The zero-order chi connectivity index (χ0) is 12.7. The summed E-state index contributed by atoms with van der Waals surface area (Å²) in [6.45, 7) is 1.82. The highest BCUT2D eigenvalue weighted by Crippen LogP contribution is 2.60. The molecule has 1 N–H and O–H groups in total. The molecule has 0 aliphatic heterocycles. The predicted molar refractivity (Wildman–Crippen MR) is 71.9 cm³/mol. The lowest BCUT2D eigenvalue weighted by atomic mass is 9.98. The monoisotopic (exact) mass is 247 g/mol. The van der Waals surface area contributed by atoms with E-state index in [1.54, 1.807) is 6.07 Å². The van der Waals surface area contributed by atoms with E-state index in [1.807, 2.05) is 20.0 Å². The number of hydrogen-bond donors (Lipinski definition) is 1. The standard InChI is InChI=1S/C16H22FN/c1-10-7-8-11(9-14(10)17)16(18-2)15-12-5-3-4-6-13(12)15/h7-9,12-13,15-16,18H,3-6H2,1-2H3. The SMILES string of the molecule is CNC(c1ccc(C)c(F)c1)C1C2CCCCC21. The molecule has 1 aromatic carbocycles. The number of benzene rings is 1. The third-order valence-electron chi connectivity index (χ3n) is 4.97.